The highest BCUT2D eigenvalue weighted by atomic mass is 35.5. The lowest BCUT2D eigenvalue weighted by molar-refractivity contribution is 0.0863. The molecule has 0 aliphatic heterocycles. The van der Waals surface area contributed by atoms with Gasteiger partial charge in [-0.05, 0) is 42.5 Å². The Morgan fingerprint density at radius 1 is 1.35 bits per heavy atom. The van der Waals surface area contributed by atoms with Gasteiger partial charge in [0.15, 0.2) is 0 Å². The highest BCUT2D eigenvalue weighted by Gasteiger charge is 2.22. The second kappa shape index (κ2) is 6.39. The van der Waals surface area contributed by atoms with Gasteiger partial charge in [0.25, 0.3) is 0 Å². The van der Waals surface area contributed by atoms with Crippen molar-refractivity contribution in [2.45, 2.75) is 33.3 Å². The molecule has 1 rings (SSSR count). The van der Waals surface area contributed by atoms with Crippen molar-refractivity contribution in [3.63, 3.8) is 0 Å². The van der Waals surface area contributed by atoms with Gasteiger partial charge in [-0.2, -0.15) is 0 Å². The molecule has 0 spiro atoms. The highest BCUT2D eigenvalue weighted by molar-refractivity contribution is 6.31. The van der Waals surface area contributed by atoms with Crippen LogP contribution in [0.3, 0.4) is 0 Å². The van der Waals surface area contributed by atoms with Gasteiger partial charge in [0.2, 0.25) is 0 Å². The topological polar surface area (TPSA) is 46.2 Å². The van der Waals surface area contributed by atoms with E-state index in [0.717, 1.165) is 16.1 Å². The Labute approximate surface area is 109 Å². The first-order chi connectivity index (χ1) is 7.95. The number of aliphatic hydroxyl groups excluding tert-OH is 1. The lowest BCUT2D eigenvalue weighted by Crippen LogP contribution is -2.33. The molecule has 0 aliphatic rings. The molecule has 96 valence electrons. The summed E-state index contributed by atoms with van der Waals surface area (Å²) >= 11 is 6.16. The van der Waals surface area contributed by atoms with E-state index in [2.05, 4.69) is 13.8 Å². The third-order valence-corrected chi connectivity index (χ3v) is 3.61. The van der Waals surface area contributed by atoms with Gasteiger partial charge in [0, 0.05) is 11.4 Å². The molecule has 3 N–H and O–H groups in total. The Morgan fingerprint density at radius 2 is 2.00 bits per heavy atom. The number of aryl methyl sites for hydroxylation is 1. The van der Waals surface area contributed by atoms with Crippen molar-refractivity contribution in [2.24, 2.45) is 17.6 Å². The second-order valence-corrected chi connectivity index (χ2v) is 5.42. The molecule has 0 saturated heterocycles. The SMILES string of the molecule is Cc1ccc(CC(O)C(CN)C(C)C)c(Cl)c1. The van der Waals surface area contributed by atoms with Gasteiger partial charge >= 0.3 is 0 Å². The summed E-state index contributed by atoms with van der Waals surface area (Å²) in [6, 6.07) is 5.92. The quantitative estimate of drug-likeness (QED) is 0.850. The molecule has 2 atom stereocenters. The van der Waals surface area contributed by atoms with Crippen LogP contribution in [-0.2, 0) is 6.42 Å². The molecule has 17 heavy (non-hydrogen) atoms. The molecule has 0 aliphatic carbocycles. The zero-order valence-electron chi connectivity index (χ0n) is 10.8. The standard InChI is InChI=1S/C14H22ClNO/c1-9(2)12(8-16)14(17)7-11-5-4-10(3)6-13(11)15/h4-6,9,12,14,17H,7-8,16H2,1-3H3. The van der Waals surface area contributed by atoms with E-state index < -0.39 is 6.10 Å². The predicted octanol–water partition coefficient (Wildman–Crippen LogP) is 2.78. The molecule has 0 amide bonds. The number of hydrogen-bond donors (Lipinski definition) is 2. The minimum Gasteiger partial charge on any atom is -0.392 e. The Kier molecular flexibility index (Phi) is 5.44. The zero-order chi connectivity index (χ0) is 13.0. The minimum absolute atomic E-state index is 0.118. The molecule has 0 saturated carbocycles. The summed E-state index contributed by atoms with van der Waals surface area (Å²) in [5.74, 6) is 0.492. The molecule has 1 aromatic carbocycles. The Morgan fingerprint density at radius 3 is 2.47 bits per heavy atom. The molecule has 2 nitrogen and oxygen atoms in total. The first-order valence-corrected chi connectivity index (χ1v) is 6.46. The van der Waals surface area contributed by atoms with Crippen LogP contribution in [0.4, 0.5) is 0 Å². The van der Waals surface area contributed by atoms with Crippen molar-refractivity contribution < 1.29 is 5.11 Å². The number of aliphatic hydroxyl groups is 1. The summed E-state index contributed by atoms with van der Waals surface area (Å²) in [6.45, 7) is 6.67. The lowest BCUT2D eigenvalue weighted by Gasteiger charge is -2.25. The van der Waals surface area contributed by atoms with Crippen LogP contribution in [-0.4, -0.2) is 17.8 Å². The predicted molar refractivity (Wildman–Crippen MR) is 73.3 cm³/mol. The average Bonchev–Trinajstić information content (AvgIpc) is 2.22. The van der Waals surface area contributed by atoms with Gasteiger partial charge in [-0.15, -0.1) is 0 Å². The van der Waals surface area contributed by atoms with E-state index in [1.54, 1.807) is 0 Å². The smallest absolute Gasteiger partial charge is 0.0623 e. The molecule has 1 aromatic rings. The van der Waals surface area contributed by atoms with Crippen LogP contribution < -0.4 is 5.73 Å². The first-order valence-electron chi connectivity index (χ1n) is 6.08. The van der Waals surface area contributed by atoms with Gasteiger partial charge in [-0.25, -0.2) is 0 Å². The van der Waals surface area contributed by atoms with E-state index in [9.17, 15) is 5.11 Å². The molecule has 0 aromatic heterocycles. The van der Waals surface area contributed by atoms with Crippen LogP contribution in [0.5, 0.6) is 0 Å². The number of hydrogen-bond acceptors (Lipinski definition) is 2. The van der Waals surface area contributed by atoms with E-state index in [4.69, 9.17) is 17.3 Å². The number of nitrogens with two attached hydrogens (primary N) is 1. The summed E-state index contributed by atoms with van der Waals surface area (Å²) in [4.78, 5) is 0. The normalized spacial score (nSPS) is 15.0. The monoisotopic (exact) mass is 255 g/mol. The maximum absolute atomic E-state index is 10.2. The van der Waals surface area contributed by atoms with E-state index in [1.807, 2.05) is 25.1 Å². The lowest BCUT2D eigenvalue weighted by atomic mass is 9.87. The van der Waals surface area contributed by atoms with E-state index in [-0.39, 0.29) is 5.92 Å². The van der Waals surface area contributed by atoms with Crippen LogP contribution in [0.2, 0.25) is 5.02 Å². The van der Waals surface area contributed by atoms with Crippen molar-refractivity contribution in [1.82, 2.24) is 0 Å². The minimum atomic E-state index is -0.430. The fraction of sp³-hybridized carbons (Fsp3) is 0.571. The molecular formula is C14H22ClNO. The van der Waals surface area contributed by atoms with Crippen molar-refractivity contribution in [2.75, 3.05) is 6.54 Å². The van der Waals surface area contributed by atoms with Gasteiger partial charge in [-0.3, -0.25) is 0 Å². The molecule has 0 fully saturated rings. The summed E-state index contributed by atoms with van der Waals surface area (Å²) in [7, 11) is 0. The van der Waals surface area contributed by atoms with Crippen molar-refractivity contribution in [3.8, 4) is 0 Å². The van der Waals surface area contributed by atoms with Gasteiger partial charge < -0.3 is 10.8 Å². The molecule has 2 unspecified atom stereocenters. The maximum atomic E-state index is 10.2. The molecule has 3 heteroatoms. The van der Waals surface area contributed by atoms with Crippen LogP contribution >= 0.6 is 11.6 Å². The second-order valence-electron chi connectivity index (χ2n) is 5.01. The fourth-order valence-corrected chi connectivity index (χ4v) is 2.38. The van der Waals surface area contributed by atoms with Gasteiger partial charge in [0.1, 0.15) is 0 Å². The largest absolute Gasteiger partial charge is 0.392 e. The average molecular weight is 256 g/mol. The molecule has 0 bridgehead atoms. The molecular weight excluding hydrogens is 234 g/mol. The summed E-state index contributed by atoms with van der Waals surface area (Å²) in [5, 5.41) is 10.9. The van der Waals surface area contributed by atoms with Crippen LogP contribution in [0.1, 0.15) is 25.0 Å². The maximum Gasteiger partial charge on any atom is 0.0623 e. The van der Waals surface area contributed by atoms with Crippen molar-refractivity contribution in [3.05, 3.63) is 34.3 Å². The number of halogens is 1. The summed E-state index contributed by atoms with van der Waals surface area (Å²) < 4.78 is 0. The van der Waals surface area contributed by atoms with Crippen LogP contribution in [0.15, 0.2) is 18.2 Å². The van der Waals surface area contributed by atoms with Crippen LogP contribution in [0.25, 0.3) is 0 Å². The van der Waals surface area contributed by atoms with Crippen LogP contribution in [0, 0.1) is 18.8 Å². The summed E-state index contributed by atoms with van der Waals surface area (Å²) in [5.41, 5.74) is 7.82. The first kappa shape index (κ1) is 14.5. The number of benzene rings is 1. The molecule has 0 heterocycles. The zero-order valence-corrected chi connectivity index (χ0v) is 11.5. The van der Waals surface area contributed by atoms with E-state index in [1.165, 1.54) is 0 Å². The fourth-order valence-electron chi connectivity index (χ4n) is 2.07. The van der Waals surface area contributed by atoms with Crippen molar-refractivity contribution >= 4 is 11.6 Å². The summed E-state index contributed by atoms with van der Waals surface area (Å²) in [6.07, 6.45) is 0.138. The van der Waals surface area contributed by atoms with E-state index >= 15 is 0 Å². The number of rotatable bonds is 5. The Hall–Kier alpha value is -0.570. The molecule has 0 radical (unpaired) electrons. The third-order valence-electron chi connectivity index (χ3n) is 3.26. The van der Waals surface area contributed by atoms with Gasteiger partial charge in [0.05, 0.1) is 6.10 Å². The Bertz CT molecular complexity index is 365. The van der Waals surface area contributed by atoms with E-state index in [0.29, 0.717) is 18.9 Å². The third kappa shape index (κ3) is 3.98. The van der Waals surface area contributed by atoms with Gasteiger partial charge in [-0.1, -0.05) is 37.6 Å². The highest BCUT2D eigenvalue weighted by Crippen LogP contribution is 2.23. The van der Waals surface area contributed by atoms with Crippen molar-refractivity contribution in [1.29, 1.82) is 0 Å². The Balaban J connectivity index is 2.76.